The Hall–Kier alpha value is -1.02. The van der Waals surface area contributed by atoms with Crippen molar-refractivity contribution in [2.75, 3.05) is 79.0 Å². The van der Waals surface area contributed by atoms with Crippen LogP contribution in [0.4, 0.5) is 0 Å². The van der Waals surface area contributed by atoms with E-state index in [-0.39, 0.29) is 17.7 Å². The quantitative estimate of drug-likeness (QED) is 0.758. The Morgan fingerprint density at radius 3 is 1.65 bits per heavy atom. The molecule has 7 nitrogen and oxygen atoms in total. The number of ketones is 1. The molecule has 0 unspecified atom stereocenters. The molecule has 0 saturated carbocycles. The molecular weight excluding hydrogens is 332 g/mol. The molecule has 152 valence electrons. The maximum absolute atomic E-state index is 12.5. The van der Waals surface area contributed by atoms with E-state index in [1.165, 1.54) is 0 Å². The zero-order valence-electron chi connectivity index (χ0n) is 17.3. The van der Waals surface area contributed by atoms with Gasteiger partial charge >= 0.3 is 5.97 Å². The van der Waals surface area contributed by atoms with Gasteiger partial charge in [-0.15, -0.1) is 0 Å². The van der Waals surface area contributed by atoms with Crippen molar-refractivity contribution >= 4 is 11.8 Å². The zero-order valence-corrected chi connectivity index (χ0v) is 17.3. The van der Waals surface area contributed by atoms with E-state index in [1.807, 2.05) is 25.7 Å². The van der Waals surface area contributed by atoms with Gasteiger partial charge in [-0.05, 0) is 13.6 Å². The van der Waals surface area contributed by atoms with E-state index in [2.05, 4.69) is 28.7 Å². The number of likely N-dealkylation sites (N-methyl/N-ethyl adjacent to an activating group) is 2. The van der Waals surface area contributed by atoms with Gasteiger partial charge in [0.15, 0.2) is 5.78 Å². The first-order valence-corrected chi connectivity index (χ1v) is 9.72. The number of hydrogen-bond donors (Lipinski definition) is 1. The van der Waals surface area contributed by atoms with E-state index in [4.69, 9.17) is 5.11 Å². The SMILES string of the molecule is CCN1CCN(CC(=O)O)CCN(C)CCN(CC(=O)C(C)(C)C)CC1. The number of hydrogen-bond acceptors (Lipinski definition) is 6. The Balaban J connectivity index is 2.73. The fourth-order valence-electron chi connectivity index (χ4n) is 2.90. The fraction of sp³-hybridized carbons (Fsp3) is 0.895. The summed E-state index contributed by atoms with van der Waals surface area (Å²) in [7, 11) is 2.06. The van der Waals surface area contributed by atoms with Crippen molar-refractivity contribution in [2.45, 2.75) is 27.7 Å². The van der Waals surface area contributed by atoms with Crippen LogP contribution in [0.15, 0.2) is 0 Å². The summed E-state index contributed by atoms with van der Waals surface area (Å²) < 4.78 is 0. The molecule has 1 saturated heterocycles. The van der Waals surface area contributed by atoms with Gasteiger partial charge in [0.25, 0.3) is 0 Å². The van der Waals surface area contributed by atoms with E-state index in [0.29, 0.717) is 6.54 Å². The highest BCUT2D eigenvalue weighted by atomic mass is 16.4. The molecule has 7 heteroatoms. The molecule has 0 aromatic heterocycles. The van der Waals surface area contributed by atoms with E-state index in [9.17, 15) is 9.59 Å². The minimum Gasteiger partial charge on any atom is -0.480 e. The molecule has 1 N–H and O–H groups in total. The minimum atomic E-state index is -0.769. The van der Waals surface area contributed by atoms with Crippen LogP contribution in [0.25, 0.3) is 0 Å². The Morgan fingerprint density at radius 2 is 1.23 bits per heavy atom. The lowest BCUT2D eigenvalue weighted by Crippen LogP contribution is -2.47. The van der Waals surface area contributed by atoms with Gasteiger partial charge in [-0.2, -0.15) is 0 Å². The molecule has 1 heterocycles. The van der Waals surface area contributed by atoms with Crippen molar-refractivity contribution < 1.29 is 14.7 Å². The van der Waals surface area contributed by atoms with Gasteiger partial charge in [0, 0.05) is 57.8 Å². The third kappa shape index (κ3) is 9.07. The average Bonchev–Trinajstić information content (AvgIpc) is 2.54. The Morgan fingerprint density at radius 1 is 0.808 bits per heavy atom. The summed E-state index contributed by atoms with van der Waals surface area (Å²) in [5, 5.41) is 9.12. The second kappa shape index (κ2) is 11.0. The molecule has 0 spiro atoms. The average molecular weight is 371 g/mol. The Labute approximate surface area is 158 Å². The van der Waals surface area contributed by atoms with Crippen molar-refractivity contribution in [3.63, 3.8) is 0 Å². The first-order valence-electron chi connectivity index (χ1n) is 9.72. The van der Waals surface area contributed by atoms with Crippen LogP contribution in [0.5, 0.6) is 0 Å². The van der Waals surface area contributed by atoms with Crippen LogP contribution in [0, 0.1) is 5.41 Å². The van der Waals surface area contributed by atoms with Gasteiger partial charge in [0.1, 0.15) is 0 Å². The topological polar surface area (TPSA) is 67.3 Å². The summed E-state index contributed by atoms with van der Waals surface area (Å²) >= 11 is 0. The summed E-state index contributed by atoms with van der Waals surface area (Å²) in [5.41, 5.74) is -0.308. The summed E-state index contributed by atoms with van der Waals surface area (Å²) in [5.74, 6) is -0.488. The highest BCUT2D eigenvalue weighted by Crippen LogP contribution is 2.15. The van der Waals surface area contributed by atoms with Gasteiger partial charge < -0.3 is 14.9 Å². The van der Waals surface area contributed by atoms with Crippen molar-refractivity contribution in [1.82, 2.24) is 19.6 Å². The number of carbonyl (C=O) groups is 2. The molecular formula is C19H38N4O3. The molecule has 0 aromatic rings. The highest BCUT2D eigenvalue weighted by Gasteiger charge is 2.24. The predicted molar refractivity (Wildman–Crippen MR) is 105 cm³/mol. The maximum atomic E-state index is 12.5. The second-order valence-electron chi connectivity index (χ2n) is 8.36. The monoisotopic (exact) mass is 370 g/mol. The predicted octanol–water partition coefficient (Wildman–Crippen LogP) is 0.558. The Bertz CT molecular complexity index is 451. The molecule has 0 atom stereocenters. The van der Waals surface area contributed by atoms with Crippen LogP contribution in [-0.2, 0) is 9.59 Å². The van der Waals surface area contributed by atoms with E-state index >= 15 is 0 Å². The number of carboxylic acid groups (broad SMARTS) is 1. The van der Waals surface area contributed by atoms with Gasteiger partial charge in [0.05, 0.1) is 13.1 Å². The van der Waals surface area contributed by atoms with Gasteiger partial charge in [-0.1, -0.05) is 27.7 Å². The molecule has 0 amide bonds. The first kappa shape index (κ1) is 23.0. The molecule has 0 aromatic carbocycles. The van der Waals surface area contributed by atoms with Crippen LogP contribution in [0.2, 0.25) is 0 Å². The van der Waals surface area contributed by atoms with Crippen molar-refractivity contribution in [3.05, 3.63) is 0 Å². The third-order valence-corrected chi connectivity index (χ3v) is 5.07. The molecule has 1 rings (SSSR count). The third-order valence-electron chi connectivity index (χ3n) is 5.07. The van der Waals surface area contributed by atoms with Crippen molar-refractivity contribution in [2.24, 2.45) is 5.41 Å². The van der Waals surface area contributed by atoms with Crippen LogP contribution in [0.1, 0.15) is 27.7 Å². The number of carbonyl (C=O) groups excluding carboxylic acids is 1. The molecule has 0 bridgehead atoms. The summed E-state index contributed by atoms with van der Waals surface area (Å²) in [6, 6.07) is 0. The molecule has 26 heavy (non-hydrogen) atoms. The lowest BCUT2D eigenvalue weighted by Gasteiger charge is -2.33. The van der Waals surface area contributed by atoms with E-state index < -0.39 is 5.97 Å². The summed E-state index contributed by atoms with van der Waals surface area (Å²) in [6.07, 6.45) is 0. The van der Waals surface area contributed by atoms with Gasteiger partial charge in [0.2, 0.25) is 0 Å². The molecule has 0 aliphatic carbocycles. The fourth-order valence-corrected chi connectivity index (χ4v) is 2.90. The number of rotatable bonds is 5. The summed E-state index contributed by atoms with van der Waals surface area (Å²) in [6.45, 7) is 16.3. The normalized spacial score (nSPS) is 21.1. The number of nitrogens with zero attached hydrogens (tertiary/aromatic N) is 4. The lowest BCUT2D eigenvalue weighted by molar-refractivity contribution is -0.138. The minimum absolute atomic E-state index is 0.0948. The maximum Gasteiger partial charge on any atom is 0.317 e. The standard InChI is InChI=1S/C19H38N4O3/c1-6-21-11-13-22(15-17(24)19(2,3)4)9-7-20(5)8-10-23(14-12-21)16-18(25)26/h6-16H2,1-5H3,(H,25,26). The van der Waals surface area contributed by atoms with Crippen LogP contribution in [0.3, 0.4) is 0 Å². The number of aliphatic carboxylic acids is 1. The molecule has 0 radical (unpaired) electrons. The van der Waals surface area contributed by atoms with E-state index in [1.54, 1.807) is 0 Å². The van der Waals surface area contributed by atoms with Crippen LogP contribution in [-0.4, -0.2) is 115 Å². The van der Waals surface area contributed by atoms with E-state index in [0.717, 1.165) is 58.9 Å². The largest absolute Gasteiger partial charge is 0.480 e. The molecule has 1 fully saturated rings. The molecule has 1 aliphatic rings. The molecule has 1 aliphatic heterocycles. The number of carboxylic acids is 1. The van der Waals surface area contributed by atoms with Crippen LogP contribution >= 0.6 is 0 Å². The summed E-state index contributed by atoms with van der Waals surface area (Å²) in [4.78, 5) is 32.4. The van der Waals surface area contributed by atoms with Crippen molar-refractivity contribution in [1.29, 1.82) is 0 Å². The zero-order chi connectivity index (χ0) is 19.7. The van der Waals surface area contributed by atoms with Crippen molar-refractivity contribution in [3.8, 4) is 0 Å². The van der Waals surface area contributed by atoms with Gasteiger partial charge in [-0.25, -0.2) is 0 Å². The highest BCUT2D eigenvalue weighted by molar-refractivity contribution is 5.85. The second-order valence-corrected chi connectivity index (χ2v) is 8.36. The van der Waals surface area contributed by atoms with Crippen LogP contribution < -0.4 is 0 Å². The lowest BCUT2D eigenvalue weighted by atomic mass is 9.90. The first-order chi connectivity index (χ1) is 12.1. The smallest absolute Gasteiger partial charge is 0.317 e. The Kier molecular flexibility index (Phi) is 9.71. The van der Waals surface area contributed by atoms with Gasteiger partial charge in [-0.3, -0.25) is 19.4 Å². The number of Topliss-reactive ketones (excluding diaryl/α,β-unsaturated/α-hetero) is 1.